The predicted octanol–water partition coefficient (Wildman–Crippen LogP) is 5.20. The van der Waals surface area contributed by atoms with Gasteiger partial charge in [0.05, 0.1) is 27.9 Å². The molecule has 0 saturated heterocycles. The number of pyridine rings is 1. The summed E-state index contributed by atoms with van der Waals surface area (Å²) in [5.74, 6) is -0.743. The Kier molecular flexibility index (Phi) is 4.20. The number of benzene rings is 3. The third-order valence-corrected chi connectivity index (χ3v) is 5.89. The molecule has 0 radical (unpaired) electrons. The Balaban J connectivity index is 1.66. The van der Waals surface area contributed by atoms with E-state index in [4.69, 9.17) is 5.10 Å². The molecule has 2 amide bonds. The number of aromatic nitrogens is 3. The lowest BCUT2D eigenvalue weighted by Gasteiger charge is -2.13. The Bertz CT molecular complexity index is 1540. The van der Waals surface area contributed by atoms with Crippen molar-refractivity contribution >= 4 is 28.5 Å². The van der Waals surface area contributed by atoms with Gasteiger partial charge in [-0.15, -0.1) is 0 Å². The van der Waals surface area contributed by atoms with Crippen LogP contribution in [0.4, 0.5) is 5.69 Å². The van der Waals surface area contributed by atoms with Crippen LogP contribution in [0.3, 0.4) is 0 Å². The van der Waals surface area contributed by atoms with Gasteiger partial charge in [-0.2, -0.15) is 5.10 Å². The number of para-hydroxylation sites is 2. The molecule has 5 aromatic rings. The van der Waals surface area contributed by atoms with Crippen LogP contribution in [0.2, 0.25) is 0 Å². The Morgan fingerprint density at radius 2 is 1.36 bits per heavy atom. The van der Waals surface area contributed by atoms with Gasteiger partial charge in [-0.3, -0.25) is 9.59 Å². The topological polar surface area (TPSA) is 68.1 Å². The SMILES string of the molecule is Cc1ccc(-c2nn(-c3ccccc3)c3ncc4c(c23)C(=O)N(c2ccccc2)C4=O)cc1. The first-order valence-electron chi connectivity index (χ1n) is 10.6. The van der Waals surface area contributed by atoms with E-state index in [0.717, 1.165) is 16.8 Å². The number of carbonyl (C=O) groups is 2. The molecule has 2 aromatic heterocycles. The largest absolute Gasteiger partial charge is 0.268 e. The molecule has 158 valence electrons. The summed E-state index contributed by atoms with van der Waals surface area (Å²) in [4.78, 5) is 32.7. The monoisotopic (exact) mass is 430 g/mol. The number of anilines is 1. The molecule has 3 heterocycles. The number of carbonyl (C=O) groups excluding carboxylic acids is 2. The maximum Gasteiger partial charge on any atom is 0.267 e. The van der Waals surface area contributed by atoms with Crippen LogP contribution in [0, 0.1) is 6.92 Å². The molecular weight excluding hydrogens is 412 g/mol. The molecule has 0 bridgehead atoms. The Morgan fingerprint density at radius 1 is 0.727 bits per heavy atom. The number of hydrogen-bond donors (Lipinski definition) is 0. The number of amides is 2. The van der Waals surface area contributed by atoms with Crippen molar-refractivity contribution in [2.75, 3.05) is 4.90 Å². The van der Waals surface area contributed by atoms with Crippen LogP contribution in [0.25, 0.3) is 28.0 Å². The molecule has 0 saturated carbocycles. The highest BCUT2D eigenvalue weighted by molar-refractivity contribution is 6.38. The number of imide groups is 1. The zero-order chi connectivity index (χ0) is 22.5. The van der Waals surface area contributed by atoms with Crippen molar-refractivity contribution in [3.8, 4) is 16.9 Å². The summed E-state index contributed by atoms with van der Waals surface area (Å²) in [6.45, 7) is 2.02. The van der Waals surface area contributed by atoms with Gasteiger partial charge in [0.15, 0.2) is 5.65 Å². The fraction of sp³-hybridized carbons (Fsp3) is 0.0370. The highest BCUT2D eigenvalue weighted by atomic mass is 16.2. The zero-order valence-corrected chi connectivity index (χ0v) is 17.8. The van der Waals surface area contributed by atoms with E-state index < -0.39 is 0 Å². The Morgan fingerprint density at radius 3 is 2.03 bits per heavy atom. The normalized spacial score (nSPS) is 13.1. The lowest BCUT2D eigenvalue weighted by molar-refractivity contribution is 0.0926. The van der Waals surface area contributed by atoms with Gasteiger partial charge in [0.1, 0.15) is 5.69 Å². The van der Waals surface area contributed by atoms with Crippen molar-refractivity contribution in [1.82, 2.24) is 14.8 Å². The standard InChI is InChI=1S/C27H18N4O2/c1-17-12-14-18(15-13-17)24-23-22-21(26(32)30(27(22)33)19-8-4-2-5-9-19)16-28-25(23)31(29-24)20-10-6-3-7-11-20/h2-16H,1H3. The van der Waals surface area contributed by atoms with Gasteiger partial charge in [0.25, 0.3) is 11.8 Å². The number of rotatable bonds is 3. The quantitative estimate of drug-likeness (QED) is 0.369. The van der Waals surface area contributed by atoms with E-state index in [1.165, 1.54) is 11.1 Å². The van der Waals surface area contributed by atoms with E-state index in [9.17, 15) is 9.59 Å². The first kappa shape index (κ1) is 19.1. The third kappa shape index (κ3) is 2.88. The minimum Gasteiger partial charge on any atom is -0.268 e. The van der Waals surface area contributed by atoms with Gasteiger partial charge in [-0.25, -0.2) is 14.6 Å². The van der Waals surface area contributed by atoms with Crippen molar-refractivity contribution in [3.63, 3.8) is 0 Å². The van der Waals surface area contributed by atoms with Crippen molar-refractivity contribution < 1.29 is 9.59 Å². The molecule has 0 N–H and O–H groups in total. The Labute approximate surface area is 189 Å². The Hall–Kier alpha value is -4.58. The molecule has 6 rings (SSSR count). The lowest BCUT2D eigenvalue weighted by atomic mass is 10.0. The molecule has 0 atom stereocenters. The molecule has 1 aliphatic heterocycles. The maximum absolute atomic E-state index is 13.6. The van der Waals surface area contributed by atoms with Gasteiger partial charge in [-0.05, 0) is 31.2 Å². The number of fused-ring (bicyclic) bond motifs is 3. The van der Waals surface area contributed by atoms with Crippen molar-refractivity contribution in [3.05, 3.63) is 108 Å². The number of aryl methyl sites for hydroxylation is 1. The molecule has 0 fully saturated rings. The van der Waals surface area contributed by atoms with Crippen LogP contribution in [0.5, 0.6) is 0 Å². The van der Waals surface area contributed by atoms with E-state index in [1.54, 1.807) is 28.9 Å². The van der Waals surface area contributed by atoms with Gasteiger partial charge in [-0.1, -0.05) is 66.2 Å². The van der Waals surface area contributed by atoms with E-state index in [0.29, 0.717) is 28.0 Å². The summed E-state index contributed by atoms with van der Waals surface area (Å²) in [6, 6.07) is 26.6. The molecule has 6 nitrogen and oxygen atoms in total. The maximum atomic E-state index is 13.6. The van der Waals surface area contributed by atoms with Gasteiger partial charge < -0.3 is 0 Å². The zero-order valence-electron chi connectivity index (χ0n) is 17.8. The molecule has 3 aromatic carbocycles. The van der Waals surface area contributed by atoms with E-state index >= 15 is 0 Å². The molecule has 0 unspecified atom stereocenters. The number of nitrogens with zero attached hydrogens (tertiary/aromatic N) is 4. The summed E-state index contributed by atoms with van der Waals surface area (Å²) in [6.07, 6.45) is 1.49. The van der Waals surface area contributed by atoms with Gasteiger partial charge >= 0.3 is 0 Å². The third-order valence-electron chi connectivity index (χ3n) is 5.89. The second kappa shape index (κ2) is 7.24. The average molecular weight is 430 g/mol. The van der Waals surface area contributed by atoms with Crippen LogP contribution >= 0.6 is 0 Å². The van der Waals surface area contributed by atoms with Crippen LogP contribution in [0.15, 0.2) is 91.1 Å². The van der Waals surface area contributed by atoms with Crippen LogP contribution in [-0.2, 0) is 0 Å². The fourth-order valence-corrected chi connectivity index (χ4v) is 4.27. The highest BCUT2D eigenvalue weighted by Gasteiger charge is 2.40. The molecule has 0 aliphatic carbocycles. The molecule has 6 heteroatoms. The van der Waals surface area contributed by atoms with E-state index in [1.807, 2.05) is 67.6 Å². The first-order valence-corrected chi connectivity index (χ1v) is 10.6. The molecule has 1 aliphatic rings. The second-order valence-electron chi connectivity index (χ2n) is 7.99. The average Bonchev–Trinajstić information content (AvgIpc) is 3.36. The summed E-state index contributed by atoms with van der Waals surface area (Å²) in [5, 5.41) is 5.45. The van der Waals surface area contributed by atoms with Crippen molar-refractivity contribution in [2.24, 2.45) is 0 Å². The molecule has 33 heavy (non-hydrogen) atoms. The van der Waals surface area contributed by atoms with Crippen LogP contribution in [-0.4, -0.2) is 26.6 Å². The predicted molar refractivity (Wildman–Crippen MR) is 127 cm³/mol. The van der Waals surface area contributed by atoms with Crippen molar-refractivity contribution in [1.29, 1.82) is 0 Å². The summed E-state index contributed by atoms with van der Waals surface area (Å²) in [5.41, 5.74) is 5.11. The minimum atomic E-state index is -0.377. The first-order chi connectivity index (χ1) is 16.1. The molecular formula is C27H18N4O2. The van der Waals surface area contributed by atoms with Gasteiger partial charge in [0.2, 0.25) is 0 Å². The number of hydrogen-bond acceptors (Lipinski definition) is 4. The minimum absolute atomic E-state index is 0.289. The summed E-state index contributed by atoms with van der Waals surface area (Å²) < 4.78 is 1.73. The smallest absolute Gasteiger partial charge is 0.267 e. The van der Waals surface area contributed by atoms with E-state index in [-0.39, 0.29) is 17.4 Å². The fourth-order valence-electron chi connectivity index (χ4n) is 4.27. The lowest BCUT2D eigenvalue weighted by Crippen LogP contribution is -2.29. The van der Waals surface area contributed by atoms with E-state index in [2.05, 4.69) is 4.98 Å². The summed E-state index contributed by atoms with van der Waals surface area (Å²) >= 11 is 0. The van der Waals surface area contributed by atoms with Crippen LogP contribution in [0.1, 0.15) is 26.3 Å². The highest BCUT2D eigenvalue weighted by Crippen LogP contribution is 2.38. The van der Waals surface area contributed by atoms with Crippen LogP contribution < -0.4 is 4.90 Å². The van der Waals surface area contributed by atoms with Crippen molar-refractivity contribution in [2.45, 2.75) is 6.92 Å². The second-order valence-corrected chi connectivity index (χ2v) is 7.99. The van der Waals surface area contributed by atoms with Gasteiger partial charge in [0, 0.05) is 11.8 Å². The summed E-state index contributed by atoms with van der Waals surface area (Å²) in [7, 11) is 0. The molecule has 0 spiro atoms.